The number of carbonyl (C=O) groups excluding carboxylic acids is 1. The molecule has 0 unspecified atom stereocenters. The number of hydrogen-bond acceptors (Lipinski definition) is 3. The maximum atomic E-state index is 9.32. The Morgan fingerprint density at radius 1 is 1.04 bits per heavy atom. The van der Waals surface area contributed by atoms with E-state index in [1.165, 1.54) is 28.8 Å². The second kappa shape index (κ2) is 12.1. The van der Waals surface area contributed by atoms with Crippen molar-refractivity contribution in [1.29, 1.82) is 0 Å². The first kappa shape index (κ1) is 19.7. The van der Waals surface area contributed by atoms with Crippen molar-refractivity contribution in [1.82, 2.24) is 0 Å². The third-order valence-electron chi connectivity index (χ3n) is 3.21. The van der Waals surface area contributed by atoms with Gasteiger partial charge in [0.05, 0.1) is 0 Å². The number of rotatable bonds is 2. The fourth-order valence-corrected chi connectivity index (χ4v) is 2.10. The van der Waals surface area contributed by atoms with E-state index in [-0.39, 0.29) is 1.43 Å². The molecule has 2 aromatic carbocycles. The standard InChI is InChI=1S/C15H13N.C3H7NO.C3H8.H2/c1-2-7-14-11-16-15-8-4-3-6-13(15)10-9-12(14)5-1;4-2-1-3-5;1-3-2;/h1-10,16H,11H2;3H,1-2,4H2;3H2,1-2H3;1H/b10-9-;;;. The second-order valence-corrected chi connectivity index (χ2v) is 5.42. The average Bonchev–Trinajstić information content (AvgIpc) is 2.59. The van der Waals surface area contributed by atoms with E-state index in [1.54, 1.807) is 0 Å². The lowest BCUT2D eigenvalue weighted by atomic mass is 10.0. The van der Waals surface area contributed by atoms with Gasteiger partial charge in [0.15, 0.2) is 0 Å². The van der Waals surface area contributed by atoms with Gasteiger partial charge in [0, 0.05) is 20.1 Å². The summed E-state index contributed by atoms with van der Waals surface area (Å²) in [4.78, 5) is 9.32. The molecule has 1 heterocycles. The highest BCUT2D eigenvalue weighted by Crippen LogP contribution is 2.23. The Balaban J connectivity index is 0.000000550. The summed E-state index contributed by atoms with van der Waals surface area (Å²) in [5, 5.41) is 3.47. The molecule has 0 bridgehead atoms. The van der Waals surface area contributed by atoms with Crippen molar-refractivity contribution in [2.75, 3.05) is 11.9 Å². The molecule has 1 aliphatic rings. The lowest BCUT2D eigenvalue weighted by Gasteiger charge is -2.14. The van der Waals surface area contributed by atoms with Crippen LogP contribution in [-0.2, 0) is 11.3 Å². The maximum Gasteiger partial charge on any atom is 0.121 e. The van der Waals surface area contributed by atoms with Gasteiger partial charge < -0.3 is 15.8 Å². The molecule has 1 aliphatic heterocycles. The predicted molar refractivity (Wildman–Crippen MR) is 107 cm³/mol. The third kappa shape index (κ3) is 6.80. The molecule has 24 heavy (non-hydrogen) atoms. The molecule has 0 aromatic heterocycles. The van der Waals surface area contributed by atoms with Gasteiger partial charge in [-0.25, -0.2) is 0 Å². The predicted octanol–water partition coefficient (Wildman–Crippen LogP) is 4.98. The summed E-state index contributed by atoms with van der Waals surface area (Å²) < 4.78 is 0. The van der Waals surface area contributed by atoms with E-state index in [2.05, 4.69) is 79.8 Å². The Morgan fingerprint density at radius 2 is 1.62 bits per heavy atom. The van der Waals surface area contributed by atoms with Gasteiger partial charge in [0.2, 0.25) is 0 Å². The van der Waals surface area contributed by atoms with E-state index in [1.807, 2.05) is 0 Å². The summed E-state index contributed by atoms with van der Waals surface area (Å²) in [6.07, 6.45) is 6.90. The molecule has 0 fully saturated rings. The highest BCUT2D eigenvalue weighted by atomic mass is 16.1. The molecular weight excluding hydrogens is 296 g/mol. The second-order valence-electron chi connectivity index (χ2n) is 5.42. The molecule has 130 valence electrons. The van der Waals surface area contributed by atoms with Crippen molar-refractivity contribution in [3.05, 3.63) is 65.2 Å². The molecule has 3 heteroatoms. The Morgan fingerprint density at radius 3 is 2.25 bits per heavy atom. The number of aldehydes is 1. The van der Waals surface area contributed by atoms with Gasteiger partial charge in [0.1, 0.15) is 6.29 Å². The van der Waals surface area contributed by atoms with Gasteiger partial charge in [-0.05, 0) is 29.3 Å². The third-order valence-corrected chi connectivity index (χ3v) is 3.21. The van der Waals surface area contributed by atoms with Gasteiger partial charge in [-0.1, -0.05) is 74.9 Å². The van der Waals surface area contributed by atoms with Crippen molar-refractivity contribution < 1.29 is 6.22 Å². The van der Waals surface area contributed by atoms with E-state index in [0.717, 1.165) is 12.8 Å². The van der Waals surface area contributed by atoms with Crippen molar-refractivity contribution in [2.24, 2.45) is 5.73 Å². The smallest absolute Gasteiger partial charge is 0.121 e. The topological polar surface area (TPSA) is 55.1 Å². The van der Waals surface area contributed by atoms with Crippen LogP contribution in [0.15, 0.2) is 48.5 Å². The van der Waals surface area contributed by atoms with Gasteiger partial charge in [-0.15, -0.1) is 0 Å². The fraction of sp³-hybridized carbons (Fsp3) is 0.286. The number of nitrogens with one attached hydrogen (secondary N) is 1. The highest BCUT2D eigenvalue weighted by Gasteiger charge is 2.04. The molecule has 0 spiro atoms. The van der Waals surface area contributed by atoms with Crippen LogP contribution in [0, 0.1) is 0 Å². The summed E-state index contributed by atoms with van der Waals surface area (Å²) in [5.74, 6) is 0. The lowest BCUT2D eigenvalue weighted by molar-refractivity contribution is -0.107. The zero-order chi connectivity index (χ0) is 17.6. The van der Waals surface area contributed by atoms with E-state index in [0.29, 0.717) is 13.0 Å². The van der Waals surface area contributed by atoms with E-state index < -0.39 is 0 Å². The molecule has 2 aromatic rings. The Kier molecular flexibility index (Phi) is 9.90. The van der Waals surface area contributed by atoms with Crippen LogP contribution in [0.4, 0.5) is 5.69 Å². The Labute approximate surface area is 147 Å². The van der Waals surface area contributed by atoms with Gasteiger partial charge in [-0.2, -0.15) is 0 Å². The minimum atomic E-state index is 0. The average molecular weight is 326 g/mol. The van der Waals surface area contributed by atoms with Crippen LogP contribution in [0.25, 0.3) is 12.2 Å². The summed E-state index contributed by atoms with van der Waals surface area (Å²) in [7, 11) is 0. The first-order chi connectivity index (χ1) is 11.8. The number of nitrogens with two attached hydrogens (primary N) is 1. The summed E-state index contributed by atoms with van der Waals surface area (Å²) in [5.41, 5.74) is 9.99. The number of carbonyl (C=O) groups is 1. The molecule has 0 radical (unpaired) electrons. The van der Waals surface area contributed by atoms with Crippen LogP contribution < -0.4 is 11.1 Å². The molecule has 3 rings (SSSR count). The minimum Gasteiger partial charge on any atom is -0.380 e. The van der Waals surface area contributed by atoms with Crippen molar-refractivity contribution in [3.63, 3.8) is 0 Å². The molecule has 0 saturated carbocycles. The molecule has 3 N–H and O–H groups in total. The number of fused-ring (bicyclic) bond motifs is 2. The van der Waals surface area contributed by atoms with Gasteiger partial charge in [0.25, 0.3) is 0 Å². The number of hydrogen-bond donors (Lipinski definition) is 2. The quantitative estimate of drug-likeness (QED) is 0.765. The lowest BCUT2D eigenvalue weighted by Crippen LogP contribution is -2.03. The van der Waals surface area contributed by atoms with Crippen LogP contribution in [0.5, 0.6) is 0 Å². The van der Waals surface area contributed by atoms with Gasteiger partial charge in [-0.3, -0.25) is 0 Å². The Bertz CT molecular complexity index is 592. The largest absolute Gasteiger partial charge is 0.380 e. The van der Waals surface area contributed by atoms with Crippen LogP contribution in [0.1, 0.15) is 44.8 Å². The molecule has 3 nitrogen and oxygen atoms in total. The zero-order valence-corrected chi connectivity index (χ0v) is 14.7. The molecule has 0 aliphatic carbocycles. The molecular formula is C21H30N2O. The van der Waals surface area contributed by atoms with E-state index >= 15 is 0 Å². The zero-order valence-electron chi connectivity index (χ0n) is 14.7. The fourth-order valence-electron chi connectivity index (χ4n) is 2.10. The maximum absolute atomic E-state index is 9.32. The van der Waals surface area contributed by atoms with Crippen molar-refractivity contribution >= 4 is 24.1 Å². The number of para-hydroxylation sites is 1. The highest BCUT2D eigenvalue weighted by molar-refractivity contribution is 5.78. The van der Waals surface area contributed by atoms with E-state index in [9.17, 15) is 4.79 Å². The van der Waals surface area contributed by atoms with Crippen LogP contribution in [0.2, 0.25) is 0 Å². The van der Waals surface area contributed by atoms with E-state index in [4.69, 9.17) is 5.73 Å². The monoisotopic (exact) mass is 326 g/mol. The summed E-state index contributed by atoms with van der Waals surface area (Å²) in [6, 6.07) is 16.9. The first-order valence-corrected chi connectivity index (χ1v) is 8.49. The minimum absolute atomic E-state index is 0. The number of benzene rings is 2. The van der Waals surface area contributed by atoms with Crippen molar-refractivity contribution in [3.8, 4) is 0 Å². The summed E-state index contributed by atoms with van der Waals surface area (Å²) in [6.45, 7) is 5.61. The first-order valence-electron chi connectivity index (χ1n) is 8.49. The Hall–Kier alpha value is -2.39. The van der Waals surface area contributed by atoms with Crippen LogP contribution in [-0.4, -0.2) is 12.8 Å². The van der Waals surface area contributed by atoms with Gasteiger partial charge >= 0.3 is 0 Å². The molecule has 0 saturated heterocycles. The van der Waals surface area contributed by atoms with Crippen LogP contribution in [0.3, 0.4) is 0 Å². The van der Waals surface area contributed by atoms with Crippen LogP contribution >= 0.6 is 0 Å². The normalized spacial score (nSPS) is 12.3. The summed E-state index contributed by atoms with van der Waals surface area (Å²) >= 11 is 0. The SMILES string of the molecule is C1=C\c2ccccc2NCc2ccccc2/1.CCC.NCCC=O.[HH]. The molecule has 0 atom stereocenters. The van der Waals surface area contributed by atoms with Crippen molar-refractivity contribution in [2.45, 2.75) is 33.2 Å². The molecule has 0 amide bonds. The number of anilines is 1.